The van der Waals surface area contributed by atoms with E-state index in [1.165, 1.54) is 32.1 Å². The minimum Gasteiger partial charge on any atom is -0.358 e. The monoisotopic (exact) mass is 180 g/mol. The highest BCUT2D eigenvalue weighted by atomic mass is 15.2. The Morgan fingerprint density at radius 1 is 1.23 bits per heavy atom. The van der Waals surface area contributed by atoms with Crippen LogP contribution in [0.2, 0.25) is 0 Å². The van der Waals surface area contributed by atoms with Gasteiger partial charge < -0.3 is 4.90 Å². The molecule has 2 nitrogen and oxygen atoms in total. The van der Waals surface area contributed by atoms with E-state index >= 15 is 0 Å². The van der Waals surface area contributed by atoms with Gasteiger partial charge in [0.05, 0.1) is 5.84 Å². The molecule has 1 saturated heterocycles. The number of likely N-dealkylation sites (tertiary alicyclic amines) is 1. The first-order valence-electron chi connectivity index (χ1n) is 5.61. The fraction of sp³-hybridized carbons (Fsp3) is 0.909. The molecular formula is C11H20N2. The van der Waals surface area contributed by atoms with Gasteiger partial charge in [-0.2, -0.15) is 0 Å². The first-order valence-corrected chi connectivity index (χ1v) is 5.61. The van der Waals surface area contributed by atoms with E-state index in [4.69, 9.17) is 5.41 Å². The van der Waals surface area contributed by atoms with E-state index in [0.717, 1.165) is 24.7 Å². The molecule has 0 aromatic carbocycles. The van der Waals surface area contributed by atoms with Crippen molar-refractivity contribution in [2.45, 2.75) is 51.5 Å². The van der Waals surface area contributed by atoms with Crippen LogP contribution in [0.15, 0.2) is 0 Å². The van der Waals surface area contributed by atoms with Crippen LogP contribution >= 0.6 is 0 Å². The van der Waals surface area contributed by atoms with Gasteiger partial charge in [-0.1, -0.05) is 6.92 Å². The van der Waals surface area contributed by atoms with E-state index in [2.05, 4.69) is 11.8 Å². The quantitative estimate of drug-likeness (QED) is 0.660. The Hall–Kier alpha value is -0.530. The molecule has 0 bridgehead atoms. The number of hydrogen-bond acceptors (Lipinski definition) is 1. The zero-order valence-electron chi connectivity index (χ0n) is 8.55. The Morgan fingerprint density at radius 3 is 2.46 bits per heavy atom. The molecule has 0 aromatic heterocycles. The van der Waals surface area contributed by atoms with Gasteiger partial charge in [-0.15, -0.1) is 0 Å². The summed E-state index contributed by atoms with van der Waals surface area (Å²) in [5.74, 6) is 1.83. The van der Waals surface area contributed by atoms with Crippen molar-refractivity contribution >= 4 is 5.84 Å². The lowest BCUT2D eigenvalue weighted by Crippen LogP contribution is -2.38. The van der Waals surface area contributed by atoms with Crippen molar-refractivity contribution in [1.82, 2.24) is 4.90 Å². The minimum atomic E-state index is 0.714. The van der Waals surface area contributed by atoms with E-state index in [1.54, 1.807) is 0 Å². The third-order valence-electron chi connectivity index (χ3n) is 3.59. The average molecular weight is 180 g/mol. The highest BCUT2D eigenvalue weighted by Gasteiger charge is 2.27. The van der Waals surface area contributed by atoms with Gasteiger partial charge in [-0.25, -0.2) is 0 Å². The van der Waals surface area contributed by atoms with Crippen LogP contribution in [-0.4, -0.2) is 23.3 Å². The van der Waals surface area contributed by atoms with E-state index in [0.29, 0.717) is 6.04 Å². The zero-order valence-corrected chi connectivity index (χ0v) is 8.55. The second-order valence-electron chi connectivity index (χ2n) is 4.66. The number of amidine groups is 1. The molecule has 0 spiro atoms. The average Bonchev–Trinajstić information content (AvgIpc) is 2.53. The Bertz CT molecular complexity index is 192. The van der Waals surface area contributed by atoms with E-state index < -0.39 is 0 Å². The molecule has 0 unspecified atom stereocenters. The second-order valence-corrected chi connectivity index (χ2v) is 4.66. The van der Waals surface area contributed by atoms with Crippen LogP contribution in [0.1, 0.15) is 45.4 Å². The third kappa shape index (κ3) is 1.87. The third-order valence-corrected chi connectivity index (χ3v) is 3.59. The Balaban J connectivity index is 1.90. The number of hydrogen-bond donors (Lipinski definition) is 1. The summed E-state index contributed by atoms with van der Waals surface area (Å²) in [6.07, 6.45) is 7.62. The van der Waals surface area contributed by atoms with E-state index in [1.807, 2.05) is 0 Å². The van der Waals surface area contributed by atoms with Gasteiger partial charge in [0.15, 0.2) is 0 Å². The predicted octanol–water partition coefficient (Wildman–Crippen LogP) is 2.64. The predicted molar refractivity (Wildman–Crippen MR) is 55.1 cm³/mol. The van der Waals surface area contributed by atoms with Crippen molar-refractivity contribution in [2.24, 2.45) is 5.92 Å². The van der Waals surface area contributed by atoms with Gasteiger partial charge in [0.25, 0.3) is 0 Å². The summed E-state index contributed by atoms with van der Waals surface area (Å²) >= 11 is 0. The summed E-state index contributed by atoms with van der Waals surface area (Å²) in [4.78, 5) is 2.35. The number of nitrogens with zero attached hydrogens (tertiary/aromatic N) is 1. The summed E-state index contributed by atoms with van der Waals surface area (Å²) in [7, 11) is 0. The summed E-state index contributed by atoms with van der Waals surface area (Å²) in [5.41, 5.74) is 0. The first kappa shape index (κ1) is 9.04. The van der Waals surface area contributed by atoms with Crippen molar-refractivity contribution < 1.29 is 0 Å². The van der Waals surface area contributed by atoms with E-state index in [9.17, 15) is 0 Å². The summed E-state index contributed by atoms with van der Waals surface area (Å²) in [6.45, 7) is 3.50. The van der Waals surface area contributed by atoms with Crippen molar-refractivity contribution in [3.8, 4) is 0 Å². The van der Waals surface area contributed by atoms with Gasteiger partial charge in [0.1, 0.15) is 0 Å². The lowest BCUT2D eigenvalue weighted by atomic mass is 9.87. The summed E-state index contributed by atoms with van der Waals surface area (Å²) in [5, 5.41) is 7.82. The minimum absolute atomic E-state index is 0.714. The molecular weight excluding hydrogens is 160 g/mol. The molecule has 2 rings (SSSR count). The van der Waals surface area contributed by atoms with Crippen LogP contribution in [0.25, 0.3) is 0 Å². The molecule has 0 radical (unpaired) electrons. The summed E-state index contributed by atoms with van der Waals surface area (Å²) in [6, 6.07) is 0.714. The van der Waals surface area contributed by atoms with Crippen molar-refractivity contribution in [2.75, 3.05) is 6.54 Å². The van der Waals surface area contributed by atoms with Gasteiger partial charge in [-0.3, -0.25) is 5.41 Å². The van der Waals surface area contributed by atoms with Crippen molar-refractivity contribution in [1.29, 1.82) is 5.41 Å². The Labute approximate surface area is 80.8 Å². The Kier molecular flexibility index (Phi) is 2.56. The highest BCUT2D eigenvalue weighted by molar-refractivity contribution is 5.81. The van der Waals surface area contributed by atoms with Crippen LogP contribution in [0.4, 0.5) is 0 Å². The molecule has 2 heteroatoms. The molecule has 1 saturated carbocycles. The molecule has 1 heterocycles. The number of rotatable bonds is 1. The Morgan fingerprint density at radius 2 is 1.92 bits per heavy atom. The first-order chi connectivity index (χ1) is 6.27. The van der Waals surface area contributed by atoms with Gasteiger partial charge in [-0.05, 0) is 38.0 Å². The number of nitrogens with one attached hydrogen (secondary N) is 1. The largest absolute Gasteiger partial charge is 0.358 e. The standard InChI is InChI=1S/C11H20N2/c1-9-4-6-10(7-5-9)13-8-2-3-11(13)12/h9-10,12H,2-8H2,1H3. The fourth-order valence-electron chi connectivity index (χ4n) is 2.65. The zero-order chi connectivity index (χ0) is 9.26. The van der Waals surface area contributed by atoms with Gasteiger partial charge in [0.2, 0.25) is 0 Å². The van der Waals surface area contributed by atoms with Crippen LogP contribution in [-0.2, 0) is 0 Å². The smallest absolute Gasteiger partial charge is 0.0960 e. The van der Waals surface area contributed by atoms with Crippen LogP contribution in [0, 0.1) is 11.3 Å². The molecule has 13 heavy (non-hydrogen) atoms. The maximum Gasteiger partial charge on any atom is 0.0960 e. The molecule has 74 valence electrons. The molecule has 1 aliphatic carbocycles. The molecule has 1 N–H and O–H groups in total. The van der Waals surface area contributed by atoms with Crippen LogP contribution in [0.3, 0.4) is 0 Å². The van der Waals surface area contributed by atoms with Crippen LogP contribution in [0.5, 0.6) is 0 Å². The normalized spacial score (nSPS) is 35.5. The van der Waals surface area contributed by atoms with Gasteiger partial charge >= 0.3 is 0 Å². The molecule has 0 atom stereocenters. The molecule has 0 aromatic rings. The lowest BCUT2D eigenvalue weighted by molar-refractivity contribution is 0.223. The second kappa shape index (κ2) is 3.69. The maximum atomic E-state index is 7.82. The van der Waals surface area contributed by atoms with Crippen molar-refractivity contribution in [3.63, 3.8) is 0 Å². The van der Waals surface area contributed by atoms with Gasteiger partial charge in [0, 0.05) is 19.0 Å². The maximum absolute atomic E-state index is 7.82. The van der Waals surface area contributed by atoms with Crippen molar-refractivity contribution in [3.05, 3.63) is 0 Å². The fourth-order valence-corrected chi connectivity index (χ4v) is 2.65. The van der Waals surface area contributed by atoms with E-state index in [-0.39, 0.29) is 0 Å². The SMILES string of the molecule is CC1CCC(N2CCCC2=N)CC1. The summed E-state index contributed by atoms with van der Waals surface area (Å²) < 4.78 is 0. The topological polar surface area (TPSA) is 27.1 Å². The molecule has 1 aliphatic heterocycles. The molecule has 2 fully saturated rings. The molecule has 2 aliphatic rings. The molecule has 0 amide bonds. The van der Waals surface area contributed by atoms with Crippen LogP contribution < -0.4 is 0 Å². The highest BCUT2D eigenvalue weighted by Crippen LogP contribution is 2.29. The lowest BCUT2D eigenvalue weighted by Gasteiger charge is -2.34.